The van der Waals surface area contributed by atoms with E-state index in [1.165, 1.54) is 17.3 Å². The van der Waals surface area contributed by atoms with E-state index in [1.807, 2.05) is 0 Å². The number of nitrogens with zero attached hydrogens (tertiary/aromatic N) is 3. The molecule has 0 saturated carbocycles. The molecule has 1 aliphatic rings. The molecule has 1 aromatic rings. The molecule has 2 N–H and O–H groups in total. The highest BCUT2D eigenvalue weighted by Gasteiger charge is 2.13. The predicted molar refractivity (Wildman–Crippen MR) is 88.5 cm³/mol. The van der Waals surface area contributed by atoms with Crippen LogP contribution >= 0.6 is 0 Å². The van der Waals surface area contributed by atoms with Crippen LogP contribution in [0.25, 0.3) is 0 Å². The third kappa shape index (κ3) is 5.30. The van der Waals surface area contributed by atoms with Crippen LogP contribution in [0.15, 0.2) is 18.5 Å². The van der Waals surface area contributed by atoms with Crippen LogP contribution in [0.4, 0.5) is 0 Å². The summed E-state index contributed by atoms with van der Waals surface area (Å²) in [4.78, 5) is 31.9. The minimum absolute atomic E-state index is 0.161. The molecule has 126 valence electrons. The molecule has 0 spiro atoms. The second-order valence-corrected chi connectivity index (χ2v) is 5.86. The van der Waals surface area contributed by atoms with Crippen molar-refractivity contribution in [1.82, 2.24) is 25.4 Å². The van der Waals surface area contributed by atoms with Gasteiger partial charge in [0.05, 0.1) is 11.1 Å². The Balaban J connectivity index is 1.79. The Hall–Kier alpha value is -1.99. The number of nitrogens with one attached hydrogen (secondary N) is 2. The number of aromatic nitrogens is 1. The lowest BCUT2D eigenvalue weighted by molar-refractivity contribution is 0.0827. The van der Waals surface area contributed by atoms with E-state index in [2.05, 4.69) is 20.5 Å². The molecule has 0 aromatic carbocycles. The van der Waals surface area contributed by atoms with Gasteiger partial charge in [0.1, 0.15) is 0 Å². The smallest absolute Gasteiger partial charge is 0.254 e. The quantitative estimate of drug-likeness (QED) is 0.711. The van der Waals surface area contributed by atoms with Crippen LogP contribution in [0.1, 0.15) is 27.1 Å². The van der Waals surface area contributed by atoms with Crippen molar-refractivity contribution in [3.8, 4) is 0 Å². The molecule has 1 aromatic heterocycles. The van der Waals surface area contributed by atoms with Crippen molar-refractivity contribution < 1.29 is 9.59 Å². The Kier molecular flexibility index (Phi) is 6.49. The SMILES string of the molecule is CN(C)C(=O)c1cncc(C(=O)NCCCN2CCNCC2)c1. The number of amides is 2. The summed E-state index contributed by atoms with van der Waals surface area (Å²) in [5.41, 5.74) is 0.836. The second kappa shape index (κ2) is 8.59. The normalized spacial score (nSPS) is 15.2. The van der Waals surface area contributed by atoms with Gasteiger partial charge >= 0.3 is 0 Å². The fraction of sp³-hybridized carbons (Fsp3) is 0.562. The molecular weight excluding hydrogens is 294 g/mol. The van der Waals surface area contributed by atoms with Crippen LogP contribution in [0.5, 0.6) is 0 Å². The Morgan fingerprint density at radius 3 is 2.65 bits per heavy atom. The summed E-state index contributed by atoms with van der Waals surface area (Å²) in [5, 5.41) is 6.21. The van der Waals surface area contributed by atoms with Crippen LogP contribution in [0, 0.1) is 0 Å². The van der Waals surface area contributed by atoms with E-state index in [4.69, 9.17) is 0 Å². The lowest BCUT2D eigenvalue weighted by atomic mass is 10.2. The standard InChI is InChI=1S/C16H25N5O2/c1-20(2)16(23)14-10-13(11-18-12-14)15(22)19-4-3-7-21-8-5-17-6-9-21/h10-12,17H,3-9H2,1-2H3,(H,19,22). The molecular formula is C16H25N5O2. The lowest BCUT2D eigenvalue weighted by Crippen LogP contribution is -2.44. The number of piperazine rings is 1. The molecule has 0 aliphatic carbocycles. The number of pyridine rings is 1. The first-order valence-electron chi connectivity index (χ1n) is 7.96. The van der Waals surface area contributed by atoms with Crippen molar-refractivity contribution in [3.05, 3.63) is 29.6 Å². The summed E-state index contributed by atoms with van der Waals surface area (Å²) in [6.07, 6.45) is 3.87. The summed E-state index contributed by atoms with van der Waals surface area (Å²) >= 11 is 0. The summed E-state index contributed by atoms with van der Waals surface area (Å²) in [6, 6.07) is 1.58. The van der Waals surface area contributed by atoms with Crippen molar-refractivity contribution >= 4 is 11.8 Å². The third-order valence-electron chi connectivity index (χ3n) is 3.80. The number of rotatable bonds is 6. The highest BCUT2D eigenvalue weighted by Crippen LogP contribution is 2.05. The van der Waals surface area contributed by atoms with Crippen molar-refractivity contribution in [2.24, 2.45) is 0 Å². The lowest BCUT2D eigenvalue weighted by Gasteiger charge is -2.27. The van der Waals surface area contributed by atoms with Crippen LogP contribution in [-0.4, -0.2) is 80.0 Å². The van der Waals surface area contributed by atoms with Crippen molar-refractivity contribution in [1.29, 1.82) is 0 Å². The summed E-state index contributed by atoms with van der Waals surface area (Å²) < 4.78 is 0. The van der Waals surface area contributed by atoms with Crippen molar-refractivity contribution in [3.63, 3.8) is 0 Å². The molecule has 2 rings (SSSR count). The Bertz CT molecular complexity index is 541. The maximum Gasteiger partial charge on any atom is 0.254 e. The van der Waals surface area contributed by atoms with Crippen LogP contribution in [-0.2, 0) is 0 Å². The molecule has 0 atom stereocenters. The largest absolute Gasteiger partial charge is 0.352 e. The van der Waals surface area contributed by atoms with Gasteiger partial charge in [-0.25, -0.2) is 0 Å². The average Bonchev–Trinajstić information content (AvgIpc) is 2.58. The van der Waals surface area contributed by atoms with E-state index in [9.17, 15) is 9.59 Å². The summed E-state index contributed by atoms with van der Waals surface area (Å²) in [5.74, 6) is -0.350. The van der Waals surface area contributed by atoms with Gasteiger partial charge in [-0.15, -0.1) is 0 Å². The zero-order valence-corrected chi connectivity index (χ0v) is 13.8. The van der Waals surface area contributed by atoms with Crippen LogP contribution in [0.2, 0.25) is 0 Å². The predicted octanol–water partition coefficient (Wildman–Crippen LogP) is -0.191. The first-order chi connectivity index (χ1) is 11.1. The molecule has 2 amide bonds. The van der Waals surface area contributed by atoms with Gasteiger partial charge in [-0.2, -0.15) is 0 Å². The maximum absolute atomic E-state index is 12.1. The molecule has 23 heavy (non-hydrogen) atoms. The number of carbonyl (C=O) groups excluding carboxylic acids is 2. The molecule has 1 saturated heterocycles. The van der Waals surface area contributed by atoms with Crippen molar-refractivity contribution in [2.45, 2.75) is 6.42 Å². The van der Waals surface area contributed by atoms with Gasteiger partial charge in [-0.1, -0.05) is 0 Å². The van der Waals surface area contributed by atoms with E-state index >= 15 is 0 Å². The van der Waals surface area contributed by atoms with Gasteiger partial charge in [0, 0.05) is 59.2 Å². The highest BCUT2D eigenvalue weighted by atomic mass is 16.2. The Morgan fingerprint density at radius 1 is 1.26 bits per heavy atom. The van der Waals surface area contributed by atoms with Gasteiger partial charge in [-0.05, 0) is 19.0 Å². The van der Waals surface area contributed by atoms with Crippen molar-refractivity contribution in [2.75, 3.05) is 53.4 Å². The zero-order valence-electron chi connectivity index (χ0n) is 13.8. The van der Waals surface area contributed by atoms with E-state index < -0.39 is 0 Å². The number of hydrogen-bond acceptors (Lipinski definition) is 5. The van der Waals surface area contributed by atoms with Gasteiger partial charge in [0.15, 0.2) is 0 Å². The van der Waals surface area contributed by atoms with E-state index in [0.717, 1.165) is 39.1 Å². The van der Waals surface area contributed by atoms with Gasteiger partial charge in [0.2, 0.25) is 0 Å². The third-order valence-corrected chi connectivity index (χ3v) is 3.80. The molecule has 0 unspecified atom stereocenters. The first-order valence-corrected chi connectivity index (χ1v) is 7.96. The molecule has 0 radical (unpaired) electrons. The topological polar surface area (TPSA) is 77.6 Å². The summed E-state index contributed by atoms with van der Waals surface area (Å²) in [7, 11) is 3.34. The fourth-order valence-electron chi connectivity index (χ4n) is 2.48. The van der Waals surface area contributed by atoms with E-state index in [-0.39, 0.29) is 11.8 Å². The van der Waals surface area contributed by atoms with Gasteiger partial charge < -0.3 is 20.4 Å². The van der Waals surface area contributed by atoms with Gasteiger partial charge in [0.25, 0.3) is 11.8 Å². The average molecular weight is 319 g/mol. The minimum Gasteiger partial charge on any atom is -0.352 e. The molecule has 1 fully saturated rings. The Labute approximate surface area is 137 Å². The van der Waals surface area contributed by atoms with E-state index in [1.54, 1.807) is 20.2 Å². The van der Waals surface area contributed by atoms with Crippen LogP contribution < -0.4 is 10.6 Å². The molecule has 0 bridgehead atoms. The second-order valence-electron chi connectivity index (χ2n) is 5.86. The minimum atomic E-state index is -0.189. The van der Waals surface area contributed by atoms with E-state index in [0.29, 0.717) is 17.7 Å². The highest BCUT2D eigenvalue weighted by molar-refractivity contribution is 5.99. The molecule has 7 nitrogen and oxygen atoms in total. The van der Waals surface area contributed by atoms with Crippen LogP contribution in [0.3, 0.4) is 0 Å². The monoisotopic (exact) mass is 319 g/mol. The number of hydrogen-bond donors (Lipinski definition) is 2. The maximum atomic E-state index is 12.1. The molecule has 2 heterocycles. The summed E-state index contributed by atoms with van der Waals surface area (Å²) in [6.45, 7) is 5.79. The first kappa shape index (κ1) is 17.4. The molecule has 1 aliphatic heterocycles. The molecule has 7 heteroatoms. The Morgan fingerprint density at radius 2 is 1.96 bits per heavy atom. The fourth-order valence-corrected chi connectivity index (χ4v) is 2.48. The van der Waals surface area contributed by atoms with Gasteiger partial charge in [-0.3, -0.25) is 14.6 Å². The zero-order chi connectivity index (χ0) is 16.7. The number of carbonyl (C=O) groups is 2.